The minimum absolute atomic E-state index is 0.0220. The maximum Gasteiger partial charge on any atom is 0.238 e. The molecule has 0 saturated carbocycles. The number of hydrogen-bond acceptors (Lipinski definition) is 4. The highest BCUT2D eigenvalue weighted by molar-refractivity contribution is 5.93. The molecule has 0 spiro atoms. The third kappa shape index (κ3) is 4.21. The lowest BCUT2D eigenvalue weighted by atomic mass is 10.1. The first-order valence-electron chi connectivity index (χ1n) is 7.18. The van der Waals surface area contributed by atoms with Crippen LogP contribution in [0.3, 0.4) is 0 Å². The van der Waals surface area contributed by atoms with E-state index >= 15 is 0 Å². The van der Waals surface area contributed by atoms with Crippen molar-refractivity contribution in [2.24, 2.45) is 5.73 Å². The Balaban J connectivity index is 1.91. The lowest BCUT2D eigenvalue weighted by molar-refractivity contribution is -0.117. The Labute approximate surface area is 120 Å². The second-order valence-electron chi connectivity index (χ2n) is 5.11. The predicted octanol–water partition coefficient (Wildman–Crippen LogP) is 1.45. The molecule has 0 aromatic heterocycles. The van der Waals surface area contributed by atoms with Crippen LogP contribution in [0.1, 0.15) is 19.8 Å². The van der Waals surface area contributed by atoms with Gasteiger partial charge in [0.15, 0.2) is 0 Å². The van der Waals surface area contributed by atoms with Gasteiger partial charge in [0, 0.05) is 12.6 Å². The van der Waals surface area contributed by atoms with Crippen LogP contribution in [-0.2, 0) is 4.79 Å². The average Bonchev–Trinajstić information content (AvgIpc) is 2.41. The topological polar surface area (TPSA) is 67.6 Å². The van der Waals surface area contributed by atoms with E-state index in [1.807, 2.05) is 31.2 Å². The zero-order valence-corrected chi connectivity index (χ0v) is 12.0. The van der Waals surface area contributed by atoms with Gasteiger partial charge >= 0.3 is 0 Å². The molecule has 1 fully saturated rings. The van der Waals surface area contributed by atoms with Crippen molar-refractivity contribution >= 4 is 11.6 Å². The van der Waals surface area contributed by atoms with Crippen molar-refractivity contribution in [3.8, 4) is 5.75 Å². The summed E-state index contributed by atoms with van der Waals surface area (Å²) in [7, 11) is 0. The van der Waals surface area contributed by atoms with E-state index in [4.69, 9.17) is 10.5 Å². The number of benzene rings is 1. The molecule has 5 heteroatoms. The fourth-order valence-electron chi connectivity index (χ4n) is 2.48. The first-order chi connectivity index (χ1) is 9.69. The predicted molar refractivity (Wildman–Crippen MR) is 79.9 cm³/mol. The van der Waals surface area contributed by atoms with Crippen molar-refractivity contribution in [1.29, 1.82) is 0 Å². The summed E-state index contributed by atoms with van der Waals surface area (Å²) in [6, 6.07) is 7.67. The van der Waals surface area contributed by atoms with Gasteiger partial charge in [-0.25, -0.2) is 0 Å². The lowest BCUT2D eigenvalue weighted by Gasteiger charge is -2.30. The highest BCUT2D eigenvalue weighted by Gasteiger charge is 2.19. The molecule has 1 amide bonds. The van der Waals surface area contributed by atoms with E-state index < -0.39 is 0 Å². The van der Waals surface area contributed by atoms with Crippen LogP contribution in [0.2, 0.25) is 0 Å². The molecule has 1 saturated heterocycles. The van der Waals surface area contributed by atoms with Gasteiger partial charge < -0.3 is 15.8 Å². The fraction of sp³-hybridized carbons (Fsp3) is 0.533. The van der Waals surface area contributed by atoms with E-state index in [0.29, 0.717) is 18.9 Å². The molecule has 1 unspecified atom stereocenters. The number of nitrogens with one attached hydrogen (secondary N) is 1. The highest BCUT2D eigenvalue weighted by atomic mass is 16.5. The molecule has 110 valence electrons. The van der Waals surface area contributed by atoms with Gasteiger partial charge in [0.25, 0.3) is 0 Å². The molecule has 1 aliphatic heterocycles. The van der Waals surface area contributed by atoms with Crippen LogP contribution in [-0.4, -0.2) is 43.1 Å². The Hall–Kier alpha value is -1.59. The van der Waals surface area contributed by atoms with E-state index in [0.717, 1.165) is 31.6 Å². The van der Waals surface area contributed by atoms with Crippen molar-refractivity contribution in [2.75, 3.05) is 31.6 Å². The molecular weight excluding hydrogens is 254 g/mol. The van der Waals surface area contributed by atoms with Crippen LogP contribution < -0.4 is 15.8 Å². The molecule has 3 N–H and O–H groups in total. The van der Waals surface area contributed by atoms with E-state index in [2.05, 4.69) is 10.2 Å². The summed E-state index contributed by atoms with van der Waals surface area (Å²) in [6.07, 6.45) is 2.11. The lowest BCUT2D eigenvalue weighted by Crippen LogP contribution is -2.45. The van der Waals surface area contributed by atoms with E-state index in [-0.39, 0.29) is 11.9 Å². The Bertz CT molecular complexity index is 450. The number of likely N-dealkylation sites (tertiary alicyclic amines) is 1. The molecule has 1 atom stereocenters. The first-order valence-corrected chi connectivity index (χ1v) is 7.18. The Kier molecular flexibility index (Phi) is 5.38. The number of hydrogen-bond donors (Lipinski definition) is 2. The second-order valence-corrected chi connectivity index (χ2v) is 5.11. The monoisotopic (exact) mass is 277 g/mol. The van der Waals surface area contributed by atoms with Gasteiger partial charge in [0.05, 0.1) is 18.8 Å². The summed E-state index contributed by atoms with van der Waals surface area (Å²) in [4.78, 5) is 14.2. The minimum atomic E-state index is -0.0220. The quantitative estimate of drug-likeness (QED) is 0.855. The van der Waals surface area contributed by atoms with Gasteiger partial charge in [-0.05, 0) is 38.4 Å². The molecule has 2 rings (SSSR count). The number of carbonyl (C=O) groups is 1. The van der Waals surface area contributed by atoms with Gasteiger partial charge in [0.1, 0.15) is 5.75 Å². The Morgan fingerprint density at radius 3 is 3.05 bits per heavy atom. The summed E-state index contributed by atoms with van der Waals surface area (Å²) >= 11 is 0. The van der Waals surface area contributed by atoms with Gasteiger partial charge in [-0.3, -0.25) is 9.69 Å². The van der Waals surface area contributed by atoms with E-state index in [9.17, 15) is 4.79 Å². The van der Waals surface area contributed by atoms with Gasteiger partial charge in [-0.15, -0.1) is 0 Å². The second kappa shape index (κ2) is 7.26. The molecule has 1 heterocycles. The van der Waals surface area contributed by atoms with Crippen molar-refractivity contribution in [3.05, 3.63) is 24.3 Å². The standard InChI is InChI=1S/C15H23N3O2/c1-2-20-14-8-4-3-7-13(14)17-15(19)11-18-9-5-6-12(16)10-18/h3-4,7-8,12H,2,5-6,9-11,16H2,1H3,(H,17,19). The third-order valence-electron chi connectivity index (χ3n) is 3.37. The number of piperidine rings is 1. The molecule has 1 aromatic carbocycles. The summed E-state index contributed by atoms with van der Waals surface area (Å²) in [5, 5.41) is 2.91. The SMILES string of the molecule is CCOc1ccccc1NC(=O)CN1CCCC(N)C1. The Morgan fingerprint density at radius 2 is 2.30 bits per heavy atom. The smallest absolute Gasteiger partial charge is 0.238 e. The molecule has 0 aliphatic carbocycles. The number of ether oxygens (including phenoxy) is 1. The molecule has 0 radical (unpaired) electrons. The van der Waals surface area contributed by atoms with Crippen molar-refractivity contribution in [3.63, 3.8) is 0 Å². The van der Waals surface area contributed by atoms with Crippen LogP contribution >= 0.6 is 0 Å². The molecule has 1 aliphatic rings. The number of amides is 1. The fourth-order valence-corrected chi connectivity index (χ4v) is 2.48. The number of nitrogens with two attached hydrogens (primary N) is 1. The summed E-state index contributed by atoms with van der Waals surface area (Å²) in [5.41, 5.74) is 6.65. The number of anilines is 1. The van der Waals surface area contributed by atoms with Crippen molar-refractivity contribution < 1.29 is 9.53 Å². The summed E-state index contributed by atoms with van der Waals surface area (Å²) < 4.78 is 5.50. The van der Waals surface area contributed by atoms with Crippen LogP contribution in [0, 0.1) is 0 Å². The van der Waals surface area contributed by atoms with Crippen LogP contribution in [0.25, 0.3) is 0 Å². The summed E-state index contributed by atoms with van der Waals surface area (Å²) in [5.74, 6) is 0.685. The van der Waals surface area contributed by atoms with Crippen molar-refractivity contribution in [2.45, 2.75) is 25.8 Å². The molecule has 1 aromatic rings. The molecule has 5 nitrogen and oxygen atoms in total. The van der Waals surface area contributed by atoms with Gasteiger partial charge in [-0.2, -0.15) is 0 Å². The zero-order chi connectivity index (χ0) is 14.4. The maximum atomic E-state index is 12.1. The van der Waals surface area contributed by atoms with Crippen LogP contribution in [0.5, 0.6) is 5.75 Å². The number of rotatable bonds is 5. The van der Waals surface area contributed by atoms with E-state index in [1.54, 1.807) is 0 Å². The highest BCUT2D eigenvalue weighted by Crippen LogP contribution is 2.23. The average molecular weight is 277 g/mol. The maximum absolute atomic E-state index is 12.1. The van der Waals surface area contributed by atoms with E-state index in [1.165, 1.54) is 0 Å². The largest absolute Gasteiger partial charge is 0.492 e. The molecular formula is C15H23N3O2. The Morgan fingerprint density at radius 1 is 1.50 bits per heavy atom. The third-order valence-corrected chi connectivity index (χ3v) is 3.37. The summed E-state index contributed by atoms with van der Waals surface area (Å²) in [6.45, 7) is 4.62. The number of para-hydroxylation sites is 2. The number of carbonyl (C=O) groups excluding carboxylic acids is 1. The first kappa shape index (κ1) is 14.8. The zero-order valence-electron chi connectivity index (χ0n) is 12.0. The minimum Gasteiger partial charge on any atom is -0.492 e. The van der Waals surface area contributed by atoms with Gasteiger partial charge in [-0.1, -0.05) is 12.1 Å². The van der Waals surface area contributed by atoms with Gasteiger partial charge in [0.2, 0.25) is 5.91 Å². The van der Waals surface area contributed by atoms with Crippen molar-refractivity contribution in [1.82, 2.24) is 4.90 Å². The molecule has 20 heavy (non-hydrogen) atoms. The van der Waals surface area contributed by atoms with Crippen LogP contribution in [0.4, 0.5) is 5.69 Å². The number of nitrogens with zero attached hydrogens (tertiary/aromatic N) is 1. The molecule has 0 bridgehead atoms. The van der Waals surface area contributed by atoms with Crippen LogP contribution in [0.15, 0.2) is 24.3 Å². The normalized spacial score (nSPS) is 19.6.